The third kappa shape index (κ3) is 1.13. The molecular weight excluding hydrogens is 172 g/mol. The molecule has 4 heteroatoms. The van der Waals surface area contributed by atoms with Gasteiger partial charge < -0.3 is 19.3 Å². The van der Waals surface area contributed by atoms with Crippen LogP contribution in [0.4, 0.5) is 0 Å². The second-order valence-electron chi connectivity index (χ2n) is 3.83. The third-order valence-electron chi connectivity index (χ3n) is 3.22. The van der Waals surface area contributed by atoms with Crippen LogP contribution in [-0.4, -0.2) is 42.4 Å². The largest absolute Gasteiger partial charge is 0.382 e. The van der Waals surface area contributed by atoms with Gasteiger partial charge in [0.05, 0.1) is 18.3 Å². The van der Waals surface area contributed by atoms with E-state index < -0.39 is 5.60 Å². The van der Waals surface area contributed by atoms with Gasteiger partial charge in [0.15, 0.2) is 6.29 Å². The summed E-state index contributed by atoms with van der Waals surface area (Å²) in [4.78, 5) is 0. The molecule has 13 heavy (non-hydrogen) atoms. The predicted octanol–water partition coefficient (Wildman–Crippen LogP) is 0.286. The number of hydrogen-bond donors (Lipinski definition) is 1. The number of aliphatic hydroxyl groups is 1. The maximum atomic E-state index is 10.3. The van der Waals surface area contributed by atoms with E-state index in [2.05, 4.69) is 0 Å². The number of hydrogen-bond acceptors (Lipinski definition) is 4. The third-order valence-corrected chi connectivity index (χ3v) is 3.22. The number of methoxy groups -OCH3 is 1. The van der Waals surface area contributed by atoms with Crippen LogP contribution in [0.1, 0.15) is 20.3 Å². The second-order valence-corrected chi connectivity index (χ2v) is 3.83. The van der Waals surface area contributed by atoms with Crippen molar-refractivity contribution in [1.82, 2.24) is 0 Å². The zero-order chi connectivity index (χ0) is 9.64. The van der Waals surface area contributed by atoms with Gasteiger partial charge in [-0.15, -0.1) is 0 Å². The molecule has 0 aromatic carbocycles. The summed E-state index contributed by atoms with van der Waals surface area (Å²) in [6.45, 7) is 3.72. The second kappa shape index (κ2) is 2.92. The Balaban J connectivity index is 2.28. The Morgan fingerprint density at radius 1 is 1.31 bits per heavy atom. The first-order chi connectivity index (χ1) is 6.09. The van der Waals surface area contributed by atoms with Crippen molar-refractivity contribution in [2.24, 2.45) is 0 Å². The lowest BCUT2D eigenvalue weighted by molar-refractivity contribution is -0.379. The Bertz CT molecular complexity index is 194. The topological polar surface area (TPSA) is 47.9 Å². The monoisotopic (exact) mass is 188 g/mol. The Morgan fingerprint density at radius 3 is 2.23 bits per heavy atom. The molecule has 1 N–H and O–H groups in total. The van der Waals surface area contributed by atoms with Crippen LogP contribution in [0.3, 0.4) is 0 Å². The van der Waals surface area contributed by atoms with E-state index >= 15 is 0 Å². The summed E-state index contributed by atoms with van der Waals surface area (Å²) in [5, 5.41) is 10.3. The van der Waals surface area contributed by atoms with Crippen LogP contribution in [0.2, 0.25) is 0 Å². The molecule has 0 saturated carbocycles. The number of rotatable bonds is 1. The molecule has 3 saturated heterocycles. The molecule has 0 aliphatic carbocycles. The molecule has 2 bridgehead atoms. The van der Waals surface area contributed by atoms with Gasteiger partial charge in [0.1, 0.15) is 5.60 Å². The van der Waals surface area contributed by atoms with Crippen LogP contribution in [0.15, 0.2) is 0 Å². The maximum absolute atomic E-state index is 10.3. The van der Waals surface area contributed by atoms with E-state index in [1.165, 1.54) is 0 Å². The molecule has 0 amide bonds. The Morgan fingerprint density at radius 2 is 1.85 bits per heavy atom. The van der Waals surface area contributed by atoms with Crippen molar-refractivity contribution in [2.45, 2.75) is 50.5 Å². The van der Waals surface area contributed by atoms with Crippen molar-refractivity contribution in [3.63, 3.8) is 0 Å². The van der Waals surface area contributed by atoms with Crippen LogP contribution in [0.25, 0.3) is 0 Å². The first-order valence-electron chi connectivity index (χ1n) is 4.65. The molecule has 3 aliphatic heterocycles. The molecule has 3 rings (SSSR count). The molecule has 0 spiro atoms. The fourth-order valence-corrected chi connectivity index (χ4v) is 2.32. The van der Waals surface area contributed by atoms with E-state index in [1.807, 2.05) is 13.8 Å². The van der Waals surface area contributed by atoms with Gasteiger partial charge in [-0.25, -0.2) is 0 Å². The van der Waals surface area contributed by atoms with E-state index in [0.717, 1.165) is 0 Å². The molecular formula is C9H16O4. The Labute approximate surface area is 77.8 Å². The molecule has 3 unspecified atom stereocenters. The minimum atomic E-state index is -0.997. The first kappa shape index (κ1) is 9.40. The van der Waals surface area contributed by atoms with Crippen LogP contribution in [-0.2, 0) is 14.2 Å². The molecule has 3 heterocycles. The van der Waals surface area contributed by atoms with Crippen molar-refractivity contribution in [1.29, 1.82) is 0 Å². The average molecular weight is 188 g/mol. The van der Waals surface area contributed by atoms with Crippen molar-refractivity contribution >= 4 is 0 Å². The van der Waals surface area contributed by atoms with Gasteiger partial charge in [-0.1, -0.05) is 0 Å². The highest BCUT2D eigenvalue weighted by Gasteiger charge is 2.58. The van der Waals surface area contributed by atoms with E-state index in [9.17, 15) is 5.11 Å². The van der Waals surface area contributed by atoms with E-state index in [-0.39, 0.29) is 24.6 Å². The minimum absolute atomic E-state index is 0.176. The lowest BCUT2D eigenvalue weighted by Gasteiger charge is -2.54. The summed E-state index contributed by atoms with van der Waals surface area (Å²) >= 11 is 0. The standard InChI is InChI=1S/C9H16O4/c1-5-9(10)6(2)13-8(12-5)4-7(9)11-3/h5-8,10H,4H2,1-3H3/t5-,6?,7-,8?,9?/m0/s1. The number of ether oxygens (including phenoxy) is 3. The van der Waals surface area contributed by atoms with Gasteiger partial charge in [0.25, 0.3) is 0 Å². The van der Waals surface area contributed by atoms with E-state index in [4.69, 9.17) is 14.2 Å². The lowest BCUT2D eigenvalue weighted by Crippen LogP contribution is -2.70. The normalized spacial score (nSPS) is 55.4. The minimum Gasteiger partial charge on any atom is -0.382 e. The molecule has 0 aromatic heterocycles. The average Bonchev–Trinajstić information content (AvgIpc) is 2.08. The van der Waals surface area contributed by atoms with Gasteiger partial charge in [-0.2, -0.15) is 0 Å². The highest BCUT2D eigenvalue weighted by molar-refractivity contribution is 5.04. The Hall–Kier alpha value is -0.160. The van der Waals surface area contributed by atoms with Gasteiger partial charge in [-0.05, 0) is 13.8 Å². The molecule has 4 nitrogen and oxygen atoms in total. The predicted molar refractivity (Wildman–Crippen MR) is 45.2 cm³/mol. The molecule has 5 atom stereocenters. The zero-order valence-corrected chi connectivity index (χ0v) is 8.19. The van der Waals surface area contributed by atoms with Crippen LogP contribution < -0.4 is 0 Å². The van der Waals surface area contributed by atoms with E-state index in [0.29, 0.717) is 6.42 Å². The van der Waals surface area contributed by atoms with Gasteiger partial charge in [-0.3, -0.25) is 0 Å². The number of fused-ring (bicyclic) bond motifs is 3. The summed E-state index contributed by atoms with van der Waals surface area (Å²) in [6, 6.07) is 0. The Kier molecular flexibility index (Phi) is 2.11. The summed E-state index contributed by atoms with van der Waals surface area (Å²) in [5.74, 6) is 0. The molecule has 0 aromatic rings. The van der Waals surface area contributed by atoms with Gasteiger partial charge >= 0.3 is 0 Å². The zero-order valence-electron chi connectivity index (χ0n) is 8.19. The highest BCUT2D eigenvalue weighted by atomic mass is 16.7. The quantitative estimate of drug-likeness (QED) is 0.642. The first-order valence-corrected chi connectivity index (χ1v) is 4.65. The summed E-state index contributed by atoms with van der Waals surface area (Å²) in [5.41, 5.74) is -0.997. The highest BCUT2D eigenvalue weighted by Crippen LogP contribution is 2.41. The van der Waals surface area contributed by atoms with E-state index in [1.54, 1.807) is 7.11 Å². The molecule has 3 aliphatic rings. The maximum Gasteiger partial charge on any atom is 0.161 e. The smallest absolute Gasteiger partial charge is 0.161 e. The van der Waals surface area contributed by atoms with Crippen molar-refractivity contribution in [2.75, 3.05) is 7.11 Å². The van der Waals surface area contributed by atoms with Crippen molar-refractivity contribution in [3.05, 3.63) is 0 Å². The van der Waals surface area contributed by atoms with Crippen LogP contribution >= 0.6 is 0 Å². The molecule has 3 fully saturated rings. The SMILES string of the molecule is CO[C@H]1CC2OC(C)C1(O)[C@H](C)O2. The van der Waals surface area contributed by atoms with Crippen molar-refractivity contribution < 1.29 is 19.3 Å². The fourth-order valence-electron chi connectivity index (χ4n) is 2.32. The fraction of sp³-hybridized carbons (Fsp3) is 1.00. The van der Waals surface area contributed by atoms with Crippen LogP contribution in [0, 0.1) is 0 Å². The molecule has 76 valence electrons. The van der Waals surface area contributed by atoms with Gasteiger partial charge in [0, 0.05) is 13.5 Å². The summed E-state index contributed by atoms with van der Waals surface area (Å²) in [7, 11) is 1.61. The van der Waals surface area contributed by atoms with Gasteiger partial charge in [0.2, 0.25) is 0 Å². The molecule has 0 radical (unpaired) electrons. The lowest BCUT2D eigenvalue weighted by atomic mass is 9.79. The van der Waals surface area contributed by atoms with Crippen molar-refractivity contribution in [3.8, 4) is 0 Å². The summed E-state index contributed by atoms with van der Waals surface area (Å²) < 4.78 is 16.1. The van der Waals surface area contributed by atoms with Crippen LogP contribution in [0.5, 0.6) is 0 Å². The summed E-state index contributed by atoms with van der Waals surface area (Å²) in [6.07, 6.45) is -0.226.